The van der Waals surface area contributed by atoms with E-state index in [-0.39, 0.29) is 36.5 Å². The lowest BCUT2D eigenvalue weighted by Crippen LogP contribution is -2.44. The Balaban J connectivity index is 2.00. The fourth-order valence-corrected chi connectivity index (χ4v) is 3.23. The number of ether oxygens (including phenoxy) is 2. The molecule has 23 heavy (non-hydrogen) atoms. The maximum absolute atomic E-state index is 12.4. The van der Waals surface area contributed by atoms with Crippen molar-refractivity contribution in [2.75, 3.05) is 13.7 Å². The molecular weight excluding hydrogens is 296 g/mol. The first kappa shape index (κ1) is 15.5. The lowest BCUT2D eigenvalue weighted by Gasteiger charge is -2.42. The number of Topliss-reactive ketones (excluding diaryl/α,β-unsaturated/α-hetero) is 1. The molecule has 122 valence electrons. The number of rotatable bonds is 3. The monoisotopic (exact) mass is 316 g/mol. The number of carbonyl (C=O) groups excluding carboxylic acids is 2. The summed E-state index contributed by atoms with van der Waals surface area (Å²) < 4.78 is 10.2. The van der Waals surface area contributed by atoms with Crippen LogP contribution in [0.25, 0.3) is 0 Å². The molecule has 0 fully saturated rings. The van der Waals surface area contributed by atoms with Gasteiger partial charge in [-0.25, -0.2) is 9.78 Å². The molecule has 0 amide bonds. The number of carbonyl (C=O) groups is 2. The maximum atomic E-state index is 12.4. The SMILES string of the molecule is CCOC(=O)C1=CN2C(C)Cc3ccc(OC)nc3C2CC1=O. The first-order chi connectivity index (χ1) is 11.0. The van der Waals surface area contributed by atoms with Crippen molar-refractivity contribution < 1.29 is 19.1 Å². The number of esters is 1. The minimum Gasteiger partial charge on any atom is -0.481 e. The van der Waals surface area contributed by atoms with E-state index in [4.69, 9.17) is 9.47 Å². The number of hydrogen-bond acceptors (Lipinski definition) is 6. The van der Waals surface area contributed by atoms with Gasteiger partial charge in [-0.15, -0.1) is 0 Å². The molecule has 0 N–H and O–H groups in total. The summed E-state index contributed by atoms with van der Waals surface area (Å²) in [6.45, 7) is 4.06. The molecule has 0 saturated carbocycles. The molecule has 2 aliphatic rings. The summed E-state index contributed by atoms with van der Waals surface area (Å²) in [6, 6.07) is 3.87. The van der Waals surface area contributed by atoms with Gasteiger partial charge in [-0.1, -0.05) is 6.07 Å². The molecule has 2 unspecified atom stereocenters. The second-order valence-electron chi connectivity index (χ2n) is 5.80. The maximum Gasteiger partial charge on any atom is 0.343 e. The summed E-state index contributed by atoms with van der Waals surface area (Å²) in [7, 11) is 1.57. The molecule has 0 spiro atoms. The third kappa shape index (κ3) is 2.69. The van der Waals surface area contributed by atoms with Crippen LogP contribution in [0.4, 0.5) is 0 Å². The first-order valence-corrected chi connectivity index (χ1v) is 7.78. The van der Waals surface area contributed by atoms with Crippen LogP contribution in [-0.4, -0.2) is 41.4 Å². The third-order valence-electron chi connectivity index (χ3n) is 4.35. The fourth-order valence-electron chi connectivity index (χ4n) is 3.23. The van der Waals surface area contributed by atoms with Crippen molar-refractivity contribution in [3.05, 3.63) is 35.2 Å². The van der Waals surface area contributed by atoms with Gasteiger partial charge in [-0.3, -0.25) is 4.79 Å². The van der Waals surface area contributed by atoms with E-state index >= 15 is 0 Å². The summed E-state index contributed by atoms with van der Waals surface area (Å²) in [5.41, 5.74) is 2.11. The highest BCUT2D eigenvalue weighted by atomic mass is 16.5. The molecule has 0 aromatic carbocycles. The van der Waals surface area contributed by atoms with Gasteiger partial charge >= 0.3 is 5.97 Å². The van der Waals surface area contributed by atoms with Gasteiger partial charge < -0.3 is 14.4 Å². The molecule has 6 heteroatoms. The van der Waals surface area contributed by atoms with E-state index in [1.54, 1.807) is 20.2 Å². The van der Waals surface area contributed by atoms with Crippen LogP contribution in [-0.2, 0) is 20.7 Å². The van der Waals surface area contributed by atoms with Crippen LogP contribution in [0.1, 0.15) is 37.6 Å². The van der Waals surface area contributed by atoms with Gasteiger partial charge in [0, 0.05) is 24.7 Å². The van der Waals surface area contributed by atoms with Gasteiger partial charge in [0.25, 0.3) is 0 Å². The fraction of sp³-hybridized carbons (Fsp3) is 0.471. The van der Waals surface area contributed by atoms with Crippen molar-refractivity contribution in [1.29, 1.82) is 0 Å². The number of nitrogens with zero attached hydrogens (tertiary/aromatic N) is 2. The first-order valence-electron chi connectivity index (χ1n) is 7.78. The lowest BCUT2D eigenvalue weighted by molar-refractivity contribution is -0.140. The summed E-state index contributed by atoms with van der Waals surface area (Å²) in [6.07, 6.45) is 2.68. The van der Waals surface area contributed by atoms with Crippen LogP contribution in [0, 0.1) is 0 Å². The van der Waals surface area contributed by atoms with Gasteiger partial charge in [0.1, 0.15) is 5.57 Å². The molecule has 0 saturated heterocycles. The molecular formula is C17H20N2O4. The third-order valence-corrected chi connectivity index (χ3v) is 4.35. The molecule has 0 bridgehead atoms. The second kappa shape index (κ2) is 6.02. The van der Waals surface area contributed by atoms with E-state index in [9.17, 15) is 9.59 Å². The average molecular weight is 316 g/mol. The van der Waals surface area contributed by atoms with Crippen LogP contribution in [0.2, 0.25) is 0 Å². The number of ketones is 1. The van der Waals surface area contributed by atoms with Gasteiger partial charge in [-0.05, 0) is 25.8 Å². The van der Waals surface area contributed by atoms with Crippen molar-refractivity contribution in [3.63, 3.8) is 0 Å². The number of pyridine rings is 1. The zero-order chi connectivity index (χ0) is 16.6. The van der Waals surface area contributed by atoms with Crippen LogP contribution in [0.15, 0.2) is 23.9 Å². The number of aromatic nitrogens is 1. The van der Waals surface area contributed by atoms with Gasteiger partial charge in [0.2, 0.25) is 5.88 Å². The molecule has 0 aliphatic carbocycles. The van der Waals surface area contributed by atoms with Crippen molar-refractivity contribution in [2.45, 2.75) is 38.8 Å². The molecule has 2 atom stereocenters. The van der Waals surface area contributed by atoms with E-state index in [0.29, 0.717) is 5.88 Å². The lowest BCUT2D eigenvalue weighted by atomic mass is 9.86. The number of methoxy groups -OCH3 is 1. The average Bonchev–Trinajstić information content (AvgIpc) is 2.54. The standard InChI is InChI=1S/C17H20N2O4/c1-4-23-17(21)12-9-19-10(2)7-11-5-6-15(22-3)18-16(11)13(19)8-14(12)20/h5-6,9-10,13H,4,7-8H2,1-3H3. The van der Waals surface area contributed by atoms with E-state index in [2.05, 4.69) is 11.9 Å². The van der Waals surface area contributed by atoms with Crippen molar-refractivity contribution in [1.82, 2.24) is 9.88 Å². The van der Waals surface area contributed by atoms with E-state index in [0.717, 1.165) is 17.7 Å². The Morgan fingerprint density at radius 2 is 2.17 bits per heavy atom. The highest BCUT2D eigenvalue weighted by molar-refractivity contribution is 6.17. The predicted molar refractivity (Wildman–Crippen MR) is 82.9 cm³/mol. The molecule has 6 nitrogen and oxygen atoms in total. The van der Waals surface area contributed by atoms with Crippen molar-refractivity contribution in [3.8, 4) is 5.88 Å². The van der Waals surface area contributed by atoms with Crippen LogP contribution >= 0.6 is 0 Å². The minimum absolute atomic E-state index is 0.126. The summed E-state index contributed by atoms with van der Waals surface area (Å²) in [5, 5.41) is 0. The number of fused-ring (bicyclic) bond motifs is 3. The summed E-state index contributed by atoms with van der Waals surface area (Å²) >= 11 is 0. The Hall–Kier alpha value is -2.37. The van der Waals surface area contributed by atoms with E-state index in [1.807, 2.05) is 17.0 Å². The highest BCUT2D eigenvalue weighted by Gasteiger charge is 2.39. The molecule has 1 aromatic heterocycles. The molecule has 0 radical (unpaired) electrons. The number of hydrogen-bond donors (Lipinski definition) is 0. The second-order valence-corrected chi connectivity index (χ2v) is 5.80. The Bertz CT molecular complexity index is 683. The highest BCUT2D eigenvalue weighted by Crippen LogP contribution is 2.39. The molecule has 3 rings (SSSR count). The molecule has 3 heterocycles. The van der Waals surface area contributed by atoms with Crippen LogP contribution in [0.5, 0.6) is 5.88 Å². The van der Waals surface area contributed by atoms with Crippen LogP contribution in [0.3, 0.4) is 0 Å². The molecule has 2 aliphatic heterocycles. The Labute approximate surface area is 135 Å². The van der Waals surface area contributed by atoms with Crippen molar-refractivity contribution >= 4 is 11.8 Å². The Morgan fingerprint density at radius 3 is 2.87 bits per heavy atom. The van der Waals surface area contributed by atoms with Crippen LogP contribution < -0.4 is 4.74 Å². The zero-order valence-electron chi connectivity index (χ0n) is 13.5. The summed E-state index contributed by atoms with van der Waals surface area (Å²) in [5.74, 6) is -0.215. The summed E-state index contributed by atoms with van der Waals surface area (Å²) in [4.78, 5) is 30.9. The quantitative estimate of drug-likeness (QED) is 0.625. The van der Waals surface area contributed by atoms with E-state index < -0.39 is 5.97 Å². The Morgan fingerprint density at radius 1 is 1.39 bits per heavy atom. The molecule has 1 aromatic rings. The topological polar surface area (TPSA) is 68.7 Å². The van der Waals surface area contributed by atoms with Gasteiger partial charge in [0.05, 0.1) is 25.5 Å². The van der Waals surface area contributed by atoms with Gasteiger partial charge in [0.15, 0.2) is 5.78 Å². The van der Waals surface area contributed by atoms with Crippen molar-refractivity contribution in [2.24, 2.45) is 0 Å². The largest absolute Gasteiger partial charge is 0.481 e. The van der Waals surface area contributed by atoms with Gasteiger partial charge in [-0.2, -0.15) is 0 Å². The predicted octanol–water partition coefficient (Wildman–Crippen LogP) is 1.80. The zero-order valence-corrected chi connectivity index (χ0v) is 13.5. The normalized spacial score (nSPS) is 22.8. The smallest absolute Gasteiger partial charge is 0.343 e. The Kier molecular flexibility index (Phi) is 4.07. The minimum atomic E-state index is -0.549. The van der Waals surface area contributed by atoms with E-state index in [1.165, 1.54) is 0 Å².